The van der Waals surface area contributed by atoms with Crippen molar-refractivity contribution in [1.29, 1.82) is 0 Å². The van der Waals surface area contributed by atoms with Crippen LogP contribution in [0.2, 0.25) is 0 Å². The molecule has 0 atom stereocenters. The molecule has 0 spiro atoms. The summed E-state index contributed by atoms with van der Waals surface area (Å²) >= 11 is 1.23. The maximum atomic E-state index is 12.4. The Kier molecular flexibility index (Phi) is 5.28. The maximum Gasteiger partial charge on any atom is 0.275 e. The standard InChI is InChI=1S/C16H15N7O2S/c1-3-8-23-15(25)12-7-5-4-6-11(12)13(19-23)9-17-14(24)10-26-16-18-20-21-22(16)2/h1,4-7H,8-10H2,2H3,(H,17,24). The Bertz CT molecular complexity index is 1050. The molecule has 2 aromatic heterocycles. The van der Waals surface area contributed by atoms with Crippen LogP contribution in [0, 0.1) is 12.3 Å². The SMILES string of the molecule is C#CCn1nc(CNC(=O)CSc2nnnn2C)c2ccccc2c1=O. The summed E-state index contributed by atoms with van der Waals surface area (Å²) in [5.74, 6) is 2.38. The molecule has 3 rings (SSSR count). The minimum Gasteiger partial charge on any atom is -0.350 e. The number of amides is 1. The minimum atomic E-state index is -0.251. The van der Waals surface area contributed by atoms with Gasteiger partial charge in [-0.15, -0.1) is 11.5 Å². The first-order chi connectivity index (χ1) is 12.6. The third-order valence-electron chi connectivity index (χ3n) is 3.55. The predicted octanol–water partition coefficient (Wildman–Crippen LogP) is -0.0383. The Hall–Kier alpha value is -3.19. The highest BCUT2D eigenvalue weighted by atomic mass is 32.2. The molecule has 132 valence electrons. The zero-order valence-corrected chi connectivity index (χ0v) is 14.7. The van der Waals surface area contributed by atoms with Crippen molar-refractivity contribution >= 4 is 28.4 Å². The van der Waals surface area contributed by atoms with Gasteiger partial charge in [-0.2, -0.15) is 5.10 Å². The number of hydrogen-bond donors (Lipinski definition) is 1. The van der Waals surface area contributed by atoms with Crippen LogP contribution >= 0.6 is 11.8 Å². The van der Waals surface area contributed by atoms with E-state index in [1.165, 1.54) is 21.1 Å². The smallest absolute Gasteiger partial charge is 0.275 e. The number of tetrazole rings is 1. The molecule has 2 heterocycles. The molecule has 0 bridgehead atoms. The number of aromatic nitrogens is 6. The fourth-order valence-corrected chi connectivity index (χ4v) is 3.02. The predicted molar refractivity (Wildman–Crippen MR) is 96.2 cm³/mol. The lowest BCUT2D eigenvalue weighted by Crippen LogP contribution is -2.29. The molecule has 0 aliphatic heterocycles. The fourth-order valence-electron chi connectivity index (χ4n) is 2.34. The molecule has 26 heavy (non-hydrogen) atoms. The highest BCUT2D eigenvalue weighted by Gasteiger charge is 2.12. The summed E-state index contributed by atoms with van der Waals surface area (Å²) in [6, 6.07) is 7.11. The molecule has 0 saturated heterocycles. The highest BCUT2D eigenvalue weighted by molar-refractivity contribution is 7.99. The van der Waals surface area contributed by atoms with Gasteiger partial charge in [0.15, 0.2) is 0 Å². The molecule has 9 nitrogen and oxygen atoms in total. The van der Waals surface area contributed by atoms with Crippen LogP contribution in [0.25, 0.3) is 10.8 Å². The van der Waals surface area contributed by atoms with Gasteiger partial charge in [0.05, 0.1) is 23.4 Å². The second-order valence-electron chi connectivity index (χ2n) is 5.31. The minimum absolute atomic E-state index is 0.0691. The number of hydrogen-bond acceptors (Lipinski definition) is 7. The Morgan fingerprint density at radius 1 is 1.35 bits per heavy atom. The van der Waals surface area contributed by atoms with Crippen molar-refractivity contribution < 1.29 is 4.79 Å². The lowest BCUT2D eigenvalue weighted by molar-refractivity contribution is -0.118. The average molecular weight is 369 g/mol. The quantitative estimate of drug-likeness (QED) is 0.480. The van der Waals surface area contributed by atoms with E-state index in [9.17, 15) is 9.59 Å². The summed E-state index contributed by atoms with van der Waals surface area (Å²) in [6.07, 6.45) is 5.30. The Morgan fingerprint density at radius 2 is 2.12 bits per heavy atom. The lowest BCUT2D eigenvalue weighted by atomic mass is 10.1. The van der Waals surface area contributed by atoms with Crippen molar-refractivity contribution in [2.24, 2.45) is 7.05 Å². The Labute approximate surface area is 152 Å². The molecule has 1 amide bonds. The van der Waals surface area contributed by atoms with E-state index >= 15 is 0 Å². The monoisotopic (exact) mass is 369 g/mol. The van der Waals surface area contributed by atoms with Gasteiger partial charge in [-0.25, -0.2) is 9.36 Å². The van der Waals surface area contributed by atoms with E-state index in [4.69, 9.17) is 6.42 Å². The fraction of sp³-hybridized carbons (Fsp3) is 0.250. The summed E-state index contributed by atoms with van der Waals surface area (Å²) in [6.45, 7) is 0.251. The van der Waals surface area contributed by atoms with Gasteiger partial charge in [-0.05, 0) is 16.5 Å². The van der Waals surface area contributed by atoms with Crippen molar-refractivity contribution in [2.75, 3.05) is 5.75 Å². The zero-order chi connectivity index (χ0) is 18.5. The summed E-state index contributed by atoms with van der Waals surface area (Å²) in [5, 5.41) is 19.9. The van der Waals surface area contributed by atoms with E-state index in [2.05, 4.69) is 31.9 Å². The molecular formula is C16H15N7O2S. The van der Waals surface area contributed by atoms with E-state index in [0.29, 0.717) is 21.6 Å². The van der Waals surface area contributed by atoms with Crippen LogP contribution in [0.1, 0.15) is 5.69 Å². The molecule has 3 aromatic rings. The molecule has 0 radical (unpaired) electrons. The third-order valence-corrected chi connectivity index (χ3v) is 4.56. The van der Waals surface area contributed by atoms with Gasteiger partial charge in [0.25, 0.3) is 5.56 Å². The number of nitrogens with one attached hydrogen (secondary N) is 1. The van der Waals surface area contributed by atoms with Gasteiger partial charge >= 0.3 is 0 Å². The summed E-state index contributed by atoms with van der Waals surface area (Å²) < 4.78 is 2.71. The van der Waals surface area contributed by atoms with Gasteiger partial charge in [-0.1, -0.05) is 35.9 Å². The Balaban J connectivity index is 1.75. The molecule has 0 aliphatic rings. The van der Waals surface area contributed by atoms with Gasteiger partial charge in [-0.3, -0.25) is 9.59 Å². The molecule has 10 heteroatoms. The van der Waals surface area contributed by atoms with Gasteiger partial charge < -0.3 is 5.32 Å². The van der Waals surface area contributed by atoms with Gasteiger partial charge in [0.1, 0.15) is 6.54 Å². The number of carbonyl (C=O) groups excluding carboxylic acids is 1. The van der Waals surface area contributed by atoms with Crippen LogP contribution in [0.5, 0.6) is 0 Å². The molecule has 0 saturated carbocycles. The topological polar surface area (TPSA) is 108 Å². The van der Waals surface area contributed by atoms with E-state index in [-0.39, 0.29) is 30.3 Å². The van der Waals surface area contributed by atoms with E-state index in [1.807, 2.05) is 6.07 Å². The van der Waals surface area contributed by atoms with Crippen molar-refractivity contribution in [1.82, 2.24) is 35.3 Å². The van der Waals surface area contributed by atoms with Crippen LogP contribution in [-0.4, -0.2) is 41.6 Å². The maximum absolute atomic E-state index is 12.4. The summed E-state index contributed by atoms with van der Waals surface area (Å²) in [5.41, 5.74) is 0.327. The van der Waals surface area contributed by atoms with Crippen LogP contribution in [0.3, 0.4) is 0 Å². The highest BCUT2D eigenvalue weighted by Crippen LogP contribution is 2.14. The Morgan fingerprint density at radius 3 is 2.81 bits per heavy atom. The third kappa shape index (κ3) is 3.73. The molecule has 1 N–H and O–H groups in total. The summed E-state index contributed by atoms with van der Waals surface area (Å²) in [7, 11) is 1.70. The molecule has 1 aromatic carbocycles. The largest absolute Gasteiger partial charge is 0.350 e. The number of fused-ring (bicyclic) bond motifs is 1. The van der Waals surface area contributed by atoms with Gasteiger partial charge in [0.2, 0.25) is 11.1 Å². The van der Waals surface area contributed by atoms with E-state index in [1.54, 1.807) is 25.2 Å². The van der Waals surface area contributed by atoms with E-state index < -0.39 is 0 Å². The molecule has 0 aliphatic carbocycles. The summed E-state index contributed by atoms with van der Waals surface area (Å²) in [4.78, 5) is 24.5. The lowest BCUT2D eigenvalue weighted by Gasteiger charge is -2.10. The first-order valence-corrected chi connectivity index (χ1v) is 8.62. The van der Waals surface area contributed by atoms with Crippen molar-refractivity contribution in [3.8, 4) is 12.3 Å². The van der Waals surface area contributed by atoms with Crippen molar-refractivity contribution in [3.05, 3.63) is 40.3 Å². The van der Waals surface area contributed by atoms with Crippen LogP contribution in [0.15, 0.2) is 34.2 Å². The first kappa shape index (κ1) is 17.6. The average Bonchev–Trinajstić information content (AvgIpc) is 3.06. The van der Waals surface area contributed by atoms with Crippen molar-refractivity contribution in [3.63, 3.8) is 0 Å². The van der Waals surface area contributed by atoms with Crippen LogP contribution < -0.4 is 10.9 Å². The number of benzene rings is 1. The number of carbonyl (C=O) groups is 1. The number of nitrogens with zero attached hydrogens (tertiary/aromatic N) is 6. The van der Waals surface area contributed by atoms with Crippen LogP contribution in [0.4, 0.5) is 0 Å². The first-order valence-electron chi connectivity index (χ1n) is 7.64. The van der Waals surface area contributed by atoms with Gasteiger partial charge in [0, 0.05) is 12.4 Å². The number of rotatable bonds is 6. The molecule has 0 unspecified atom stereocenters. The number of aryl methyl sites for hydroxylation is 1. The number of thioether (sulfide) groups is 1. The van der Waals surface area contributed by atoms with Crippen molar-refractivity contribution in [2.45, 2.75) is 18.2 Å². The normalized spacial score (nSPS) is 10.6. The zero-order valence-electron chi connectivity index (χ0n) is 13.9. The van der Waals surface area contributed by atoms with Crippen LogP contribution in [-0.2, 0) is 24.9 Å². The van der Waals surface area contributed by atoms with E-state index in [0.717, 1.165) is 0 Å². The second kappa shape index (κ2) is 7.79. The number of terminal acetylenes is 1. The molecular weight excluding hydrogens is 354 g/mol. The second-order valence-corrected chi connectivity index (χ2v) is 6.25. The molecule has 0 fully saturated rings.